The summed E-state index contributed by atoms with van der Waals surface area (Å²) < 4.78 is 0. The fraction of sp³-hybridized carbons (Fsp3) is 0.684. The van der Waals surface area contributed by atoms with Gasteiger partial charge in [0.2, 0.25) is 0 Å². The molecule has 3 heteroatoms. The first-order valence-electron chi connectivity index (χ1n) is 8.55. The lowest BCUT2D eigenvalue weighted by Gasteiger charge is -2.28. The van der Waals surface area contributed by atoms with Crippen LogP contribution in [0, 0.1) is 5.41 Å². The molecule has 3 nitrogen and oxygen atoms in total. The molecule has 0 radical (unpaired) electrons. The summed E-state index contributed by atoms with van der Waals surface area (Å²) in [7, 11) is 0. The second-order valence-corrected chi connectivity index (χ2v) is 7.79. The standard InChI is InChI=1S/C19H32N2O/c1-15-10-18(20-14-19(3,4)11-16(2)22)13-21(15)12-17-8-6-5-7-9-17/h5-9,15-16,18,20,22H,10-14H2,1-4H3. The first-order valence-corrected chi connectivity index (χ1v) is 8.55. The minimum absolute atomic E-state index is 0.143. The third-order valence-corrected chi connectivity index (χ3v) is 4.65. The molecule has 0 spiro atoms. The summed E-state index contributed by atoms with van der Waals surface area (Å²) in [4.78, 5) is 2.56. The van der Waals surface area contributed by atoms with Crippen LogP contribution in [0.4, 0.5) is 0 Å². The van der Waals surface area contributed by atoms with Crippen molar-refractivity contribution in [2.45, 2.75) is 65.3 Å². The first kappa shape index (κ1) is 17.5. The van der Waals surface area contributed by atoms with Crippen molar-refractivity contribution in [1.29, 1.82) is 0 Å². The number of nitrogens with one attached hydrogen (secondary N) is 1. The lowest BCUT2D eigenvalue weighted by Crippen LogP contribution is -2.39. The maximum absolute atomic E-state index is 9.59. The summed E-state index contributed by atoms with van der Waals surface area (Å²) >= 11 is 0. The Kier molecular flexibility index (Phi) is 6.01. The molecule has 0 amide bonds. The molecule has 124 valence electrons. The van der Waals surface area contributed by atoms with Gasteiger partial charge in [0.15, 0.2) is 0 Å². The number of rotatable bonds is 7. The Balaban J connectivity index is 1.81. The van der Waals surface area contributed by atoms with Crippen LogP contribution in [0.5, 0.6) is 0 Å². The molecule has 0 aliphatic carbocycles. The summed E-state index contributed by atoms with van der Waals surface area (Å²) in [5, 5.41) is 13.3. The zero-order chi connectivity index (χ0) is 16.2. The summed E-state index contributed by atoms with van der Waals surface area (Å²) in [6, 6.07) is 11.9. The van der Waals surface area contributed by atoms with Gasteiger partial charge >= 0.3 is 0 Å². The number of hydrogen-bond acceptors (Lipinski definition) is 3. The predicted molar refractivity (Wildman–Crippen MR) is 92.8 cm³/mol. The van der Waals surface area contributed by atoms with Crippen LogP contribution in [0.25, 0.3) is 0 Å². The third-order valence-electron chi connectivity index (χ3n) is 4.65. The normalized spacial score (nSPS) is 24.6. The smallest absolute Gasteiger partial charge is 0.0517 e. The molecule has 3 atom stereocenters. The van der Waals surface area contributed by atoms with E-state index in [4.69, 9.17) is 0 Å². The van der Waals surface area contributed by atoms with Crippen molar-refractivity contribution < 1.29 is 5.11 Å². The Bertz CT molecular complexity index is 444. The molecular formula is C19H32N2O. The molecule has 1 fully saturated rings. The van der Waals surface area contributed by atoms with E-state index >= 15 is 0 Å². The van der Waals surface area contributed by atoms with Crippen molar-refractivity contribution in [2.24, 2.45) is 5.41 Å². The molecule has 2 N–H and O–H groups in total. The summed E-state index contributed by atoms with van der Waals surface area (Å²) in [6.07, 6.45) is 1.82. The molecule has 3 unspecified atom stereocenters. The van der Waals surface area contributed by atoms with Gasteiger partial charge in [-0.3, -0.25) is 4.90 Å². The van der Waals surface area contributed by atoms with Gasteiger partial charge < -0.3 is 10.4 Å². The number of hydrogen-bond donors (Lipinski definition) is 2. The van der Waals surface area contributed by atoms with E-state index in [0.717, 1.165) is 26.1 Å². The fourth-order valence-corrected chi connectivity index (χ4v) is 3.58. The average Bonchev–Trinajstić information content (AvgIpc) is 2.77. The zero-order valence-corrected chi connectivity index (χ0v) is 14.5. The summed E-state index contributed by atoms with van der Waals surface area (Å²) in [5.74, 6) is 0. The zero-order valence-electron chi connectivity index (χ0n) is 14.5. The average molecular weight is 304 g/mol. The molecule has 2 rings (SSSR count). The number of likely N-dealkylation sites (tertiary alicyclic amines) is 1. The van der Waals surface area contributed by atoms with Gasteiger partial charge in [0.25, 0.3) is 0 Å². The van der Waals surface area contributed by atoms with Crippen LogP contribution in [-0.2, 0) is 6.54 Å². The molecule has 1 saturated heterocycles. The van der Waals surface area contributed by atoms with Crippen molar-refractivity contribution in [3.8, 4) is 0 Å². The minimum Gasteiger partial charge on any atom is -0.393 e. The van der Waals surface area contributed by atoms with Gasteiger partial charge in [0, 0.05) is 31.7 Å². The molecule has 0 bridgehead atoms. The molecule has 22 heavy (non-hydrogen) atoms. The van der Waals surface area contributed by atoms with Gasteiger partial charge in [-0.05, 0) is 37.7 Å². The minimum atomic E-state index is -0.228. The number of aliphatic hydroxyl groups excluding tert-OH is 1. The van der Waals surface area contributed by atoms with Gasteiger partial charge in [-0.1, -0.05) is 44.2 Å². The van der Waals surface area contributed by atoms with E-state index in [9.17, 15) is 5.11 Å². The molecule has 1 aliphatic rings. The van der Waals surface area contributed by atoms with Crippen LogP contribution in [0.1, 0.15) is 46.1 Å². The van der Waals surface area contributed by atoms with Gasteiger partial charge in [-0.2, -0.15) is 0 Å². The maximum Gasteiger partial charge on any atom is 0.0517 e. The number of nitrogens with zero attached hydrogens (tertiary/aromatic N) is 1. The largest absolute Gasteiger partial charge is 0.393 e. The molecule has 0 aromatic heterocycles. The van der Waals surface area contributed by atoms with E-state index in [1.807, 2.05) is 6.92 Å². The van der Waals surface area contributed by atoms with E-state index < -0.39 is 0 Å². The van der Waals surface area contributed by atoms with Gasteiger partial charge in [-0.25, -0.2) is 0 Å². The van der Waals surface area contributed by atoms with Crippen molar-refractivity contribution in [3.05, 3.63) is 35.9 Å². The summed E-state index contributed by atoms with van der Waals surface area (Å²) in [5.41, 5.74) is 1.54. The van der Waals surface area contributed by atoms with E-state index in [2.05, 4.69) is 61.3 Å². The van der Waals surface area contributed by atoms with Crippen LogP contribution >= 0.6 is 0 Å². The number of benzene rings is 1. The van der Waals surface area contributed by atoms with Crippen molar-refractivity contribution in [3.63, 3.8) is 0 Å². The lowest BCUT2D eigenvalue weighted by atomic mass is 9.86. The van der Waals surface area contributed by atoms with Crippen LogP contribution in [0.3, 0.4) is 0 Å². The van der Waals surface area contributed by atoms with Gasteiger partial charge in [-0.15, -0.1) is 0 Å². The Morgan fingerprint density at radius 1 is 1.32 bits per heavy atom. The van der Waals surface area contributed by atoms with E-state index in [0.29, 0.717) is 12.1 Å². The second-order valence-electron chi connectivity index (χ2n) is 7.79. The second kappa shape index (κ2) is 7.58. The van der Waals surface area contributed by atoms with Crippen LogP contribution in [0.15, 0.2) is 30.3 Å². The highest BCUT2D eigenvalue weighted by molar-refractivity contribution is 5.15. The van der Waals surface area contributed by atoms with E-state index in [1.54, 1.807) is 0 Å². The molecule has 1 aliphatic heterocycles. The fourth-order valence-electron chi connectivity index (χ4n) is 3.58. The summed E-state index contributed by atoms with van der Waals surface area (Å²) in [6.45, 7) is 11.8. The van der Waals surface area contributed by atoms with Crippen molar-refractivity contribution >= 4 is 0 Å². The first-order chi connectivity index (χ1) is 10.4. The quantitative estimate of drug-likeness (QED) is 0.813. The lowest BCUT2D eigenvalue weighted by molar-refractivity contribution is 0.126. The maximum atomic E-state index is 9.59. The van der Waals surface area contributed by atoms with Crippen molar-refractivity contribution in [1.82, 2.24) is 10.2 Å². The Hall–Kier alpha value is -0.900. The highest BCUT2D eigenvalue weighted by Gasteiger charge is 2.30. The third kappa shape index (κ3) is 5.38. The number of aliphatic hydroxyl groups is 1. The van der Waals surface area contributed by atoms with Crippen molar-refractivity contribution in [2.75, 3.05) is 13.1 Å². The van der Waals surface area contributed by atoms with Crippen LogP contribution < -0.4 is 5.32 Å². The van der Waals surface area contributed by atoms with Gasteiger partial charge in [0.05, 0.1) is 6.10 Å². The molecule has 1 aromatic rings. The SMILES string of the molecule is CC(O)CC(C)(C)CNC1CC(C)N(Cc2ccccc2)C1. The molecule has 1 aromatic carbocycles. The van der Waals surface area contributed by atoms with Crippen LogP contribution in [0.2, 0.25) is 0 Å². The predicted octanol–water partition coefficient (Wildman–Crippen LogP) is 3.04. The highest BCUT2D eigenvalue weighted by atomic mass is 16.3. The van der Waals surface area contributed by atoms with Crippen LogP contribution in [-0.4, -0.2) is 41.3 Å². The highest BCUT2D eigenvalue weighted by Crippen LogP contribution is 2.24. The Morgan fingerprint density at radius 2 is 2.00 bits per heavy atom. The van der Waals surface area contributed by atoms with Gasteiger partial charge in [0.1, 0.15) is 0 Å². The Labute approximate surface area is 135 Å². The monoisotopic (exact) mass is 304 g/mol. The molecule has 1 heterocycles. The molecule has 0 saturated carbocycles. The Morgan fingerprint density at radius 3 is 2.64 bits per heavy atom. The van der Waals surface area contributed by atoms with E-state index in [1.165, 1.54) is 12.0 Å². The topological polar surface area (TPSA) is 35.5 Å². The van der Waals surface area contributed by atoms with E-state index in [-0.39, 0.29) is 11.5 Å². The molecular weight excluding hydrogens is 272 g/mol.